The number of aryl methyl sites for hydroxylation is 2. The summed E-state index contributed by atoms with van der Waals surface area (Å²) >= 11 is 2.92. The molecule has 2 aromatic carbocycles. The van der Waals surface area contributed by atoms with Crippen molar-refractivity contribution in [3.63, 3.8) is 0 Å². The second-order valence-electron chi connectivity index (χ2n) is 16.4. The van der Waals surface area contributed by atoms with Gasteiger partial charge in [-0.25, -0.2) is 39.1 Å². The van der Waals surface area contributed by atoms with Gasteiger partial charge in [-0.3, -0.25) is 20.2 Å². The van der Waals surface area contributed by atoms with E-state index in [4.69, 9.17) is 14.2 Å². The van der Waals surface area contributed by atoms with Gasteiger partial charge in [-0.05, 0) is 82.1 Å². The fourth-order valence-corrected chi connectivity index (χ4v) is 9.50. The molecule has 0 unspecified atom stereocenters. The van der Waals surface area contributed by atoms with Gasteiger partial charge in [0.15, 0.2) is 0 Å². The Bertz CT molecular complexity index is 3510. The molecule has 384 valence electrons. The summed E-state index contributed by atoms with van der Waals surface area (Å²) in [5, 5.41) is 26.4. The van der Waals surface area contributed by atoms with Gasteiger partial charge in [-0.2, -0.15) is 0 Å². The molecule has 6 heterocycles. The third kappa shape index (κ3) is 12.3. The molecule has 4 amide bonds. The van der Waals surface area contributed by atoms with Gasteiger partial charge in [-0.15, -0.1) is 22.7 Å². The lowest BCUT2D eigenvalue weighted by molar-refractivity contribution is 0.0523. The number of nitrogens with one attached hydrogen (secondary N) is 4. The largest absolute Gasteiger partial charge is 0.477 e. The fraction of sp³-hybridized carbons (Fsp3) is 0.269. The lowest BCUT2D eigenvalue weighted by atomic mass is 9.99. The van der Waals surface area contributed by atoms with Gasteiger partial charge in [0.05, 0.1) is 30.9 Å². The van der Waals surface area contributed by atoms with Gasteiger partial charge in [0.1, 0.15) is 32.8 Å². The van der Waals surface area contributed by atoms with Crippen molar-refractivity contribution in [2.45, 2.75) is 47.7 Å². The molecule has 8 rings (SSSR count). The van der Waals surface area contributed by atoms with E-state index in [9.17, 15) is 33.9 Å². The standard InChI is InChI=1S/C27H29N5O5S.C25H25N5O5S/c1-5-28-27(35)31-23-12-18(25-30-16(3)15-38-25)20(13-29-23)17-7-8-22-19(11-17)24(33)21(26(34)37-6-2)14-32(22)9-10-36-4;1-4-26-25(34)29-21-10-16(23-28-14(2)13-36-23)18(11-27-21)15-5-6-20-17(9-15)22(31)19(24(32)33)12-30(20)7-8-35-3/h7-8,11-15H,5-6,9-10H2,1-4H3,(H2,28,29,31,35);5-6,9-13H,4,7-8H2,1-3H3,(H,32,33)(H2,26,27,29,34). The summed E-state index contributed by atoms with van der Waals surface area (Å²) in [6, 6.07) is 13.6. The second kappa shape index (κ2) is 24.5. The number of anilines is 2. The zero-order valence-electron chi connectivity index (χ0n) is 41.7. The highest BCUT2D eigenvalue weighted by Gasteiger charge is 2.21. The number of methoxy groups -OCH3 is 2. The molecule has 0 fully saturated rings. The van der Waals surface area contributed by atoms with Gasteiger partial charge >= 0.3 is 24.0 Å². The predicted molar refractivity (Wildman–Crippen MR) is 287 cm³/mol. The number of esters is 1. The molecule has 0 saturated heterocycles. The molecule has 6 aromatic heterocycles. The van der Waals surface area contributed by atoms with Crippen LogP contribution < -0.4 is 32.1 Å². The molecule has 74 heavy (non-hydrogen) atoms. The number of aromatic carboxylic acids is 1. The van der Waals surface area contributed by atoms with Gasteiger partial charge in [-0.1, -0.05) is 12.1 Å². The van der Waals surface area contributed by atoms with Crippen LogP contribution in [0.15, 0.2) is 93.7 Å². The van der Waals surface area contributed by atoms with E-state index in [-0.39, 0.29) is 35.2 Å². The molecule has 0 saturated carbocycles. The van der Waals surface area contributed by atoms with E-state index in [2.05, 4.69) is 41.2 Å². The Balaban J connectivity index is 0.000000217. The predicted octanol–water partition coefficient (Wildman–Crippen LogP) is 8.44. The second-order valence-corrected chi connectivity index (χ2v) is 18.1. The van der Waals surface area contributed by atoms with Crippen LogP contribution in [-0.2, 0) is 27.3 Å². The molecule has 22 heteroatoms. The number of ether oxygens (including phenoxy) is 3. The number of pyridine rings is 4. The maximum atomic E-state index is 13.4. The zero-order chi connectivity index (χ0) is 53.1. The third-order valence-corrected chi connectivity index (χ3v) is 13.2. The summed E-state index contributed by atoms with van der Waals surface area (Å²) in [5.41, 5.74) is 5.93. The Morgan fingerprint density at radius 3 is 1.47 bits per heavy atom. The number of amides is 4. The van der Waals surface area contributed by atoms with E-state index in [1.165, 1.54) is 35.1 Å². The number of aromatic nitrogens is 6. The van der Waals surface area contributed by atoms with E-state index >= 15 is 0 Å². The molecule has 0 bridgehead atoms. The first-order valence-electron chi connectivity index (χ1n) is 23.4. The molecule has 0 atom stereocenters. The Labute approximate surface area is 432 Å². The number of carboxylic acid groups (broad SMARTS) is 1. The summed E-state index contributed by atoms with van der Waals surface area (Å²) in [6.07, 6.45) is 6.13. The van der Waals surface area contributed by atoms with Crippen LogP contribution in [0.3, 0.4) is 0 Å². The van der Waals surface area contributed by atoms with Crippen molar-refractivity contribution < 1.29 is 38.5 Å². The topological polar surface area (TPSA) is 260 Å². The van der Waals surface area contributed by atoms with Crippen LogP contribution >= 0.6 is 22.7 Å². The maximum Gasteiger partial charge on any atom is 0.343 e. The number of carboxylic acids is 1. The average Bonchev–Trinajstić information content (AvgIpc) is 4.03. The normalized spacial score (nSPS) is 11.0. The minimum Gasteiger partial charge on any atom is -0.477 e. The minimum absolute atomic E-state index is 0.0389. The highest BCUT2D eigenvalue weighted by Crippen LogP contribution is 2.38. The Kier molecular flexibility index (Phi) is 17.7. The van der Waals surface area contributed by atoms with Crippen molar-refractivity contribution >= 4 is 80.1 Å². The lowest BCUT2D eigenvalue weighted by Crippen LogP contribution is -2.28. The number of urea groups is 2. The van der Waals surface area contributed by atoms with E-state index in [1.54, 1.807) is 68.4 Å². The summed E-state index contributed by atoms with van der Waals surface area (Å²) < 4.78 is 19.0. The molecule has 8 aromatic rings. The van der Waals surface area contributed by atoms with E-state index < -0.39 is 22.8 Å². The van der Waals surface area contributed by atoms with Crippen molar-refractivity contribution in [1.29, 1.82) is 0 Å². The summed E-state index contributed by atoms with van der Waals surface area (Å²) in [4.78, 5) is 93.0. The third-order valence-electron chi connectivity index (χ3n) is 11.2. The first-order valence-corrected chi connectivity index (χ1v) is 25.1. The molecule has 0 radical (unpaired) electrons. The van der Waals surface area contributed by atoms with Gasteiger partial charge in [0.25, 0.3) is 0 Å². The highest BCUT2D eigenvalue weighted by molar-refractivity contribution is 7.13. The summed E-state index contributed by atoms with van der Waals surface area (Å²) in [6.45, 7) is 11.8. The van der Waals surface area contributed by atoms with Crippen LogP contribution in [0.1, 0.15) is 52.9 Å². The van der Waals surface area contributed by atoms with Crippen LogP contribution in [0.2, 0.25) is 0 Å². The Hall–Kier alpha value is -8.18. The van der Waals surface area contributed by atoms with E-state index in [0.717, 1.165) is 38.1 Å². The minimum atomic E-state index is -1.29. The summed E-state index contributed by atoms with van der Waals surface area (Å²) in [7, 11) is 3.15. The average molecular weight is 1040 g/mol. The number of nitrogens with zero attached hydrogens (tertiary/aromatic N) is 6. The first kappa shape index (κ1) is 53.6. The number of fused-ring (bicyclic) bond motifs is 2. The molecule has 0 aliphatic carbocycles. The van der Waals surface area contributed by atoms with Crippen LogP contribution in [0.5, 0.6) is 0 Å². The van der Waals surface area contributed by atoms with E-state index in [1.807, 2.05) is 61.2 Å². The molecular weight excluding hydrogens is 989 g/mol. The lowest BCUT2D eigenvalue weighted by Gasteiger charge is -2.15. The molecule has 20 nitrogen and oxygen atoms in total. The first-order chi connectivity index (χ1) is 35.7. The smallest absolute Gasteiger partial charge is 0.343 e. The van der Waals surface area contributed by atoms with Crippen molar-refractivity contribution in [1.82, 2.24) is 39.7 Å². The van der Waals surface area contributed by atoms with E-state index in [0.29, 0.717) is 84.1 Å². The maximum absolute atomic E-state index is 13.4. The zero-order valence-corrected chi connectivity index (χ0v) is 43.3. The van der Waals surface area contributed by atoms with Crippen LogP contribution in [0, 0.1) is 13.8 Å². The van der Waals surface area contributed by atoms with Crippen LogP contribution in [0.25, 0.3) is 65.2 Å². The number of carbonyl (C=O) groups is 4. The number of hydrogen-bond donors (Lipinski definition) is 5. The van der Waals surface area contributed by atoms with Crippen LogP contribution in [-0.4, -0.2) is 105 Å². The van der Waals surface area contributed by atoms with Gasteiger partial charge < -0.3 is 39.1 Å². The molecule has 0 aliphatic rings. The molecular formula is C52H54N10O10S2. The number of rotatable bonds is 17. The number of thiazole rings is 2. The molecule has 0 aliphatic heterocycles. The summed E-state index contributed by atoms with van der Waals surface area (Å²) in [5.74, 6) is -1.24. The van der Waals surface area contributed by atoms with Crippen molar-refractivity contribution in [3.8, 4) is 43.4 Å². The van der Waals surface area contributed by atoms with Crippen molar-refractivity contribution in [3.05, 3.63) is 127 Å². The number of carbonyl (C=O) groups excluding carboxylic acids is 3. The SMILES string of the molecule is CCNC(=O)Nc1cc(-c2nc(C)cs2)c(-c2ccc3c(c2)c(=O)c(C(=O)O)cn3CCOC)cn1.CCNC(=O)Nc1cc(-c2nc(C)cs2)c(-c2ccc3c(c2)c(=O)c(C(=O)OCC)cn3CCOC)cn1. The molecule has 0 spiro atoms. The van der Waals surface area contributed by atoms with Crippen molar-refractivity contribution in [2.75, 3.05) is 57.8 Å². The van der Waals surface area contributed by atoms with Crippen LogP contribution in [0.4, 0.5) is 21.2 Å². The number of benzene rings is 2. The van der Waals surface area contributed by atoms with Gasteiger partial charge in [0, 0.05) is 120 Å². The number of hydrogen-bond acceptors (Lipinski definition) is 15. The molecule has 5 N–H and O–H groups in total. The van der Waals surface area contributed by atoms with Crippen molar-refractivity contribution in [2.24, 2.45) is 0 Å². The fourth-order valence-electron chi connectivity index (χ4n) is 7.84. The highest BCUT2D eigenvalue weighted by atomic mass is 32.1. The van der Waals surface area contributed by atoms with Gasteiger partial charge in [0.2, 0.25) is 10.9 Å². The quantitative estimate of drug-likeness (QED) is 0.0536. The Morgan fingerprint density at radius 2 is 1.08 bits per heavy atom. The monoisotopic (exact) mass is 1040 g/mol. The Morgan fingerprint density at radius 1 is 0.635 bits per heavy atom.